The van der Waals surface area contributed by atoms with Crippen LogP contribution in [0.15, 0.2) is 48.7 Å². The van der Waals surface area contributed by atoms with E-state index in [-0.39, 0.29) is 18.2 Å². The Morgan fingerprint density at radius 2 is 1.83 bits per heavy atom. The van der Waals surface area contributed by atoms with E-state index in [0.717, 1.165) is 18.4 Å². The summed E-state index contributed by atoms with van der Waals surface area (Å²) in [5, 5.41) is 28.0. The molecule has 2 amide bonds. The highest BCUT2D eigenvalue weighted by Crippen LogP contribution is 2.28. The van der Waals surface area contributed by atoms with Gasteiger partial charge >= 0.3 is 6.03 Å². The van der Waals surface area contributed by atoms with Crippen LogP contribution in [-0.2, 0) is 0 Å². The van der Waals surface area contributed by atoms with Crippen molar-refractivity contribution in [2.24, 2.45) is 0 Å². The number of nitrogens with zero attached hydrogens (tertiary/aromatic N) is 3. The van der Waals surface area contributed by atoms with Crippen LogP contribution in [0.3, 0.4) is 0 Å². The fraction of sp³-hybridized carbons (Fsp3) is 0.308. The van der Waals surface area contributed by atoms with Gasteiger partial charge in [0, 0.05) is 41.3 Å². The number of nitriles is 1. The average Bonchev–Trinajstić information content (AvgIpc) is 2.89. The Bertz CT molecular complexity index is 1270. The lowest BCUT2D eigenvalue weighted by atomic mass is 9.93. The molecular formula is C26H28N6O4. The molecule has 1 aliphatic rings. The fourth-order valence-corrected chi connectivity index (χ4v) is 4.10. The van der Waals surface area contributed by atoms with Crippen molar-refractivity contribution in [2.75, 3.05) is 24.9 Å². The Labute approximate surface area is 209 Å². The molecule has 10 heteroatoms. The molecule has 1 saturated carbocycles. The number of aromatic nitrogens is 2. The van der Waals surface area contributed by atoms with Crippen LogP contribution in [0, 0.1) is 11.3 Å². The maximum Gasteiger partial charge on any atom is 0.319 e. The third kappa shape index (κ3) is 6.20. The number of aliphatic hydroxyl groups is 1. The van der Waals surface area contributed by atoms with E-state index in [1.807, 2.05) is 6.07 Å². The third-order valence-electron chi connectivity index (χ3n) is 5.96. The Kier molecular flexibility index (Phi) is 7.82. The number of urea groups is 1. The topological polar surface area (TPSA) is 141 Å². The maximum atomic E-state index is 12.5. The standard InChI is InChI=1S/C26H28N6O4/c1-35-22-13-19(12-20(14-22)31-26(34)30-18-4-6-21(33)7-5-18)29-25-28-10-9-23(32-25)16-3-8-24(36-2)17(11-16)15-27/h3,8-14,18,21,33H,4-7H2,1-2H3,(H,28,29,32)(H2,30,31,34). The number of carbonyl (C=O) groups excluding carboxylic acids is 1. The van der Waals surface area contributed by atoms with Crippen molar-refractivity contribution in [1.29, 1.82) is 5.26 Å². The summed E-state index contributed by atoms with van der Waals surface area (Å²) in [7, 11) is 3.06. The lowest BCUT2D eigenvalue weighted by molar-refractivity contribution is 0.118. The van der Waals surface area contributed by atoms with Gasteiger partial charge < -0.3 is 30.5 Å². The van der Waals surface area contributed by atoms with Gasteiger partial charge in [0.05, 0.1) is 31.6 Å². The van der Waals surface area contributed by atoms with Crippen LogP contribution >= 0.6 is 0 Å². The molecule has 1 heterocycles. The number of ether oxygens (including phenoxy) is 2. The van der Waals surface area contributed by atoms with E-state index in [1.165, 1.54) is 7.11 Å². The van der Waals surface area contributed by atoms with Gasteiger partial charge in [0.2, 0.25) is 5.95 Å². The van der Waals surface area contributed by atoms with E-state index in [1.54, 1.807) is 49.7 Å². The lowest BCUT2D eigenvalue weighted by Crippen LogP contribution is -2.40. The van der Waals surface area contributed by atoms with Crippen LogP contribution in [0.4, 0.5) is 22.1 Å². The second kappa shape index (κ2) is 11.4. The van der Waals surface area contributed by atoms with E-state index in [0.29, 0.717) is 52.9 Å². The van der Waals surface area contributed by atoms with Crippen LogP contribution in [0.1, 0.15) is 31.2 Å². The molecule has 0 atom stereocenters. The number of benzene rings is 2. The van der Waals surface area contributed by atoms with Gasteiger partial charge in [-0.3, -0.25) is 0 Å². The number of rotatable bonds is 7. The van der Waals surface area contributed by atoms with E-state index in [2.05, 4.69) is 32.0 Å². The van der Waals surface area contributed by atoms with Crippen molar-refractivity contribution in [3.8, 4) is 28.8 Å². The normalized spacial score (nSPS) is 16.9. The summed E-state index contributed by atoms with van der Waals surface area (Å²) < 4.78 is 10.6. The Morgan fingerprint density at radius 1 is 1.06 bits per heavy atom. The molecule has 4 N–H and O–H groups in total. The Hall–Kier alpha value is -4.36. The summed E-state index contributed by atoms with van der Waals surface area (Å²) in [6.45, 7) is 0. The van der Waals surface area contributed by atoms with Crippen LogP contribution in [0.5, 0.6) is 11.5 Å². The van der Waals surface area contributed by atoms with E-state index in [9.17, 15) is 15.2 Å². The minimum absolute atomic E-state index is 0.0345. The summed E-state index contributed by atoms with van der Waals surface area (Å²) in [5.74, 6) is 1.38. The molecule has 36 heavy (non-hydrogen) atoms. The van der Waals surface area contributed by atoms with Crippen LogP contribution in [0.25, 0.3) is 11.3 Å². The van der Waals surface area contributed by atoms with E-state index < -0.39 is 0 Å². The number of aliphatic hydroxyl groups excluding tert-OH is 1. The van der Waals surface area contributed by atoms with Crippen molar-refractivity contribution >= 4 is 23.4 Å². The summed E-state index contributed by atoms with van der Waals surface area (Å²) in [6.07, 6.45) is 4.21. The van der Waals surface area contributed by atoms with Crippen LogP contribution in [0.2, 0.25) is 0 Å². The molecule has 1 fully saturated rings. The second-order valence-corrected chi connectivity index (χ2v) is 8.47. The van der Waals surface area contributed by atoms with Gasteiger partial charge in [-0.1, -0.05) is 0 Å². The largest absolute Gasteiger partial charge is 0.497 e. The predicted octanol–water partition coefficient (Wildman–Crippen LogP) is 4.20. The number of anilines is 3. The average molecular weight is 489 g/mol. The molecule has 0 radical (unpaired) electrons. The molecule has 10 nitrogen and oxygen atoms in total. The summed E-state index contributed by atoms with van der Waals surface area (Å²) in [5.41, 5.74) is 2.95. The summed E-state index contributed by atoms with van der Waals surface area (Å²) in [4.78, 5) is 21.4. The Balaban J connectivity index is 1.49. The highest BCUT2D eigenvalue weighted by molar-refractivity contribution is 5.90. The molecule has 0 bridgehead atoms. The van der Waals surface area contributed by atoms with Crippen molar-refractivity contribution in [3.05, 3.63) is 54.2 Å². The zero-order valence-corrected chi connectivity index (χ0v) is 20.1. The molecule has 1 aromatic heterocycles. The Morgan fingerprint density at radius 3 is 2.56 bits per heavy atom. The summed E-state index contributed by atoms with van der Waals surface area (Å²) in [6, 6.07) is 14.1. The number of amides is 2. The minimum Gasteiger partial charge on any atom is -0.497 e. The van der Waals surface area contributed by atoms with Gasteiger partial charge in [-0.05, 0) is 56.0 Å². The van der Waals surface area contributed by atoms with Gasteiger partial charge in [-0.2, -0.15) is 5.26 Å². The molecule has 2 aromatic carbocycles. The SMILES string of the molecule is COc1cc(NC(=O)NC2CCC(O)CC2)cc(Nc2nccc(-c3ccc(OC)c(C#N)c3)n2)c1. The van der Waals surface area contributed by atoms with Crippen LogP contribution in [-0.4, -0.2) is 47.5 Å². The monoisotopic (exact) mass is 488 g/mol. The third-order valence-corrected chi connectivity index (χ3v) is 5.96. The van der Waals surface area contributed by atoms with Gasteiger partial charge in [-0.15, -0.1) is 0 Å². The second-order valence-electron chi connectivity index (χ2n) is 8.47. The molecule has 0 aliphatic heterocycles. The number of hydrogen-bond donors (Lipinski definition) is 4. The molecule has 0 spiro atoms. The van der Waals surface area contributed by atoms with Gasteiger partial charge in [0.15, 0.2) is 0 Å². The highest BCUT2D eigenvalue weighted by Gasteiger charge is 2.21. The number of carbonyl (C=O) groups is 1. The molecule has 0 unspecified atom stereocenters. The highest BCUT2D eigenvalue weighted by atomic mass is 16.5. The van der Waals surface area contributed by atoms with Gasteiger partial charge in [0.25, 0.3) is 0 Å². The molecule has 4 rings (SSSR count). The van der Waals surface area contributed by atoms with Crippen molar-refractivity contribution in [3.63, 3.8) is 0 Å². The lowest BCUT2D eigenvalue weighted by Gasteiger charge is -2.26. The van der Waals surface area contributed by atoms with E-state index >= 15 is 0 Å². The molecular weight excluding hydrogens is 460 g/mol. The number of nitrogens with one attached hydrogen (secondary N) is 3. The first-order valence-corrected chi connectivity index (χ1v) is 11.6. The van der Waals surface area contributed by atoms with Crippen molar-refractivity contribution in [2.45, 2.75) is 37.8 Å². The predicted molar refractivity (Wildman–Crippen MR) is 135 cm³/mol. The molecule has 0 saturated heterocycles. The summed E-state index contributed by atoms with van der Waals surface area (Å²) >= 11 is 0. The van der Waals surface area contributed by atoms with Crippen molar-refractivity contribution < 1.29 is 19.4 Å². The number of methoxy groups -OCH3 is 2. The molecule has 3 aromatic rings. The fourth-order valence-electron chi connectivity index (χ4n) is 4.10. The zero-order valence-electron chi connectivity index (χ0n) is 20.1. The minimum atomic E-state index is -0.318. The van der Waals surface area contributed by atoms with Gasteiger partial charge in [0.1, 0.15) is 17.6 Å². The maximum absolute atomic E-state index is 12.5. The zero-order chi connectivity index (χ0) is 25.5. The molecule has 186 valence electrons. The molecule has 1 aliphatic carbocycles. The first-order valence-electron chi connectivity index (χ1n) is 11.6. The van der Waals surface area contributed by atoms with Crippen molar-refractivity contribution in [1.82, 2.24) is 15.3 Å². The van der Waals surface area contributed by atoms with E-state index in [4.69, 9.17) is 9.47 Å². The van der Waals surface area contributed by atoms with Gasteiger partial charge in [-0.25, -0.2) is 14.8 Å². The smallest absolute Gasteiger partial charge is 0.319 e. The van der Waals surface area contributed by atoms with Crippen LogP contribution < -0.4 is 25.4 Å². The quantitative estimate of drug-likeness (QED) is 0.388. The first kappa shape index (κ1) is 24.8. The number of hydrogen-bond acceptors (Lipinski definition) is 8. The first-order chi connectivity index (χ1) is 17.5.